The van der Waals surface area contributed by atoms with Gasteiger partial charge in [0.25, 0.3) is 0 Å². The molecule has 0 aliphatic heterocycles. The van der Waals surface area contributed by atoms with Gasteiger partial charge in [0.2, 0.25) is 0 Å². The molecule has 114 valence electrons. The summed E-state index contributed by atoms with van der Waals surface area (Å²) in [5.74, 6) is 2.88. The van der Waals surface area contributed by atoms with Crippen LogP contribution in [0.25, 0.3) is 0 Å². The van der Waals surface area contributed by atoms with Crippen LogP contribution < -0.4 is 5.32 Å². The fraction of sp³-hybridized carbons (Fsp3) is 0.700. The highest BCUT2D eigenvalue weighted by molar-refractivity contribution is 5.20. The van der Waals surface area contributed by atoms with E-state index in [-0.39, 0.29) is 0 Å². The quantitative estimate of drug-likeness (QED) is 0.812. The fourth-order valence-corrected chi connectivity index (χ4v) is 5.31. The molecule has 2 bridgehead atoms. The summed E-state index contributed by atoms with van der Waals surface area (Å²) in [6, 6.07) is 12.7. The van der Waals surface area contributed by atoms with Crippen LogP contribution in [0.4, 0.5) is 0 Å². The Balaban J connectivity index is 1.52. The minimum absolute atomic E-state index is 0.607. The molecule has 1 heteroatoms. The molecule has 0 saturated heterocycles. The van der Waals surface area contributed by atoms with Crippen LogP contribution in [0.3, 0.4) is 0 Å². The molecule has 0 aromatic heterocycles. The molecule has 21 heavy (non-hydrogen) atoms. The predicted molar refractivity (Wildman–Crippen MR) is 88.1 cm³/mol. The van der Waals surface area contributed by atoms with Crippen molar-refractivity contribution in [2.24, 2.45) is 17.8 Å². The van der Waals surface area contributed by atoms with Gasteiger partial charge in [-0.05, 0) is 55.4 Å². The van der Waals surface area contributed by atoms with E-state index >= 15 is 0 Å². The van der Waals surface area contributed by atoms with Crippen LogP contribution >= 0.6 is 0 Å². The van der Waals surface area contributed by atoms with Crippen molar-refractivity contribution in [3.63, 3.8) is 0 Å². The van der Waals surface area contributed by atoms with Crippen LogP contribution in [-0.4, -0.2) is 6.04 Å². The highest BCUT2D eigenvalue weighted by Crippen LogP contribution is 2.46. The van der Waals surface area contributed by atoms with Crippen molar-refractivity contribution >= 4 is 0 Å². The topological polar surface area (TPSA) is 12.0 Å². The molecule has 3 aliphatic carbocycles. The Morgan fingerprint density at radius 3 is 2.33 bits per heavy atom. The number of benzene rings is 1. The third-order valence-corrected chi connectivity index (χ3v) is 6.41. The Kier molecular flexibility index (Phi) is 4.03. The maximum Gasteiger partial charge on any atom is 0.0351 e. The van der Waals surface area contributed by atoms with E-state index in [0.29, 0.717) is 6.04 Å². The summed E-state index contributed by atoms with van der Waals surface area (Å²) in [4.78, 5) is 0. The molecule has 4 rings (SSSR count). The Morgan fingerprint density at radius 1 is 0.857 bits per heavy atom. The normalized spacial score (nSPS) is 34.2. The zero-order chi connectivity index (χ0) is 14.1. The summed E-state index contributed by atoms with van der Waals surface area (Å²) in [6.07, 6.45) is 13.1. The monoisotopic (exact) mass is 283 g/mol. The molecule has 1 N–H and O–H groups in total. The standard InChI is InChI=1S/C20H29N/c1-3-7-16(8-4-1)20(17-9-5-2-6-10-17)21-19-14-15-11-12-18(19)13-15/h1,3-4,7-8,15,17-21H,2,5-6,9-14H2. The van der Waals surface area contributed by atoms with Crippen LogP contribution in [0.5, 0.6) is 0 Å². The van der Waals surface area contributed by atoms with Gasteiger partial charge in [-0.15, -0.1) is 0 Å². The Labute approximate surface area is 129 Å². The van der Waals surface area contributed by atoms with Crippen molar-refractivity contribution in [1.82, 2.24) is 5.32 Å². The lowest BCUT2D eigenvalue weighted by Gasteiger charge is -2.36. The summed E-state index contributed by atoms with van der Waals surface area (Å²) >= 11 is 0. The van der Waals surface area contributed by atoms with Crippen LogP contribution in [0, 0.1) is 17.8 Å². The van der Waals surface area contributed by atoms with Gasteiger partial charge in [0.1, 0.15) is 0 Å². The molecule has 0 spiro atoms. The lowest BCUT2D eigenvalue weighted by atomic mass is 9.80. The van der Waals surface area contributed by atoms with E-state index in [2.05, 4.69) is 35.6 Å². The molecule has 0 radical (unpaired) electrons. The molecular formula is C20H29N. The van der Waals surface area contributed by atoms with E-state index in [1.54, 1.807) is 0 Å². The van der Waals surface area contributed by atoms with Gasteiger partial charge in [-0.2, -0.15) is 0 Å². The predicted octanol–water partition coefficient (Wildman–Crippen LogP) is 5.09. The summed E-state index contributed by atoms with van der Waals surface area (Å²) in [5, 5.41) is 4.13. The Hall–Kier alpha value is -0.820. The van der Waals surface area contributed by atoms with E-state index in [4.69, 9.17) is 0 Å². The maximum absolute atomic E-state index is 4.13. The van der Waals surface area contributed by atoms with Crippen LogP contribution in [0.1, 0.15) is 69.4 Å². The molecule has 0 amide bonds. The van der Waals surface area contributed by atoms with Crippen molar-refractivity contribution < 1.29 is 0 Å². The smallest absolute Gasteiger partial charge is 0.0351 e. The average molecular weight is 283 g/mol. The van der Waals surface area contributed by atoms with Gasteiger partial charge in [0.05, 0.1) is 0 Å². The minimum Gasteiger partial charge on any atom is -0.307 e. The van der Waals surface area contributed by atoms with Crippen LogP contribution in [-0.2, 0) is 0 Å². The molecule has 4 atom stereocenters. The van der Waals surface area contributed by atoms with Crippen molar-refractivity contribution in [2.45, 2.75) is 69.9 Å². The number of fused-ring (bicyclic) bond motifs is 2. The van der Waals surface area contributed by atoms with E-state index in [1.165, 1.54) is 63.4 Å². The van der Waals surface area contributed by atoms with Gasteiger partial charge >= 0.3 is 0 Å². The first kappa shape index (κ1) is 13.8. The van der Waals surface area contributed by atoms with Crippen LogP contribution in [0.2, 0.25) is 0 Å². The van der Waals surface area contributed by atoms with E-state index in [0.717, 1.165) is 23.8 Å². The molecule has 4 unspecified atom stereocenters. The first-order valence-electron chi connectivity index (χ1n) is 9.21. The number of rotatable bonds is 4. The fourth-order valence-electron chi connectivity index (χ4n) is 5.31. The summed E-state index contributed by atoms with van der Waals surface area (Å²) in [7, 11) is 0. The number of hydrogen-bond donors (Lipinski definition) is 1. The molecule has 3 saturated carbocycles. The highest BCUT2D eigenvalue weighted by atomic mass is 15.0. The summed E-state index contributed by atoms with van der Waals surface area (Å²) in [5.41, 5.74) is 1.53. The number of hydrogen-bond acceptors (Lipinski definition) is 1. The average Bonchev–Trinajstić information content (AvgIpc) is 3.17. The lowest BCUT2D eigenvalue weighted by molar-refractivity contribution is 0.226. The van der Waals surface area contributed by atoms with Gasteiger partial charge in [0, 0.05) is 12.1 Å². The lowest BCUT2D eigenvalue weighted by Crippen LogP contribution is -2.40. The second-order valence-electron chi connectivity index (χ2n) is 7.73. The van der Waals surface area contributed by atoms with Crippen molar-refractivity contribution in [3.8, 4) is 0 Å². The molecule has 3 fully saturated rings. The zero-order valence-electron chi connectivity index (χ0n) is 13.1. The maximum atomic E-state index is 4.13. The highest BCUT2D eigenvalue weighted by Gasteiger charge is 2.41. The Bertz CT molecular complexity index is 448. The zero-order valence-corrected chi connectivity index (χ0v) is 13.1. The van der Waals surface area contributed by atoms with Gasteiger partial charge in [0.15, 0.2) is 0 Å². The van der Waals surface area contributed by atoms with Gasteiger partial charge in [-0.25, -0.2) is 0 Å². The largest absolute Gasteiger partial charge is 0.307 e. The van der Waals surface area contributed by atoms with Crippen LogP contribution in [0.15, 0.2) is 30.3 Å². The SMILES string of the molecule is c1ccc(C(NC2CC3CCC2C3)C2CCCCC2)cc1. The van der Waals surface area contributed by atoms with Gasteiger partial charge in [-0.1, -0.05) is 56.0 Å². The van der Waals surface area contributed by atoms with E-state index < -0.39 is 0 Å². The molecule has 0 heterocycles. The summed E-state index contributed by atoms with van der Waals surface area (Å²) in [6.45, 7) is 0. The number of nitrogens with one attached hydrogen (secondary N) is 1. The van der Waals surface area contributed by atoms with E-state index in [1.807, 2.05) is 0 Å². The van der Waals surface area contributed by atoms with E-state index in [9.17, 15) is 0 Å². The van der Waals surface area contributed by atoms with Crippen molar-refractivity contribution in [2.75, 3.05) is 0 Å². The molecule has 1 aromatic carbocycles. The second-order valence-corrected chi connectivity index (χ2v) is 7.73. The molecular weight excluding hydrogens is 254 g/mol. The van der Waals surface area contributed by atoms with Crippen molar-refractivity contribution in [1.29, 1.82) is 0 Å². The van der Waals surface area contributed by atoms with Gasteiger partial charge in [-0.3, -0.25) is 0 Å². The van der Waals surface area contributed by atoms with Crippen molar-refractivity contribution in [3.05, 3.63) is 35.9 Å². The molecule has 1 aromatic rings. The summed E-state index contributed by atoms with van der Waals surface area (Å²) < 4.78 is 0. The third-order valence-electron chi connectivity index (χ3n) is 6.41. The first-order valence-corrected chi connectivity index (χ1v) is 9.21. The second kappa shape index (κ2) is 6.12. The molecule has 3 aliphatic rings. The van der Waals surface area contributed by atoms with Gasteiger partial charge < -0.3 is 5.32 Å². The third kappa shape index (κ3) is 2.90. The molecule has 1 nitrogen and oxygen atoms in total. The first-order chi connectivity index (χ1) is 10.4. The Morgan fingerprint density at radius 2 is 1.67 bits per heavy atom. The minimum atomic E-state index is 0.607.